The van der Waals surface area contributed by atoms with Gasteiger partial charge in [0.25, 0.3) is 0 Å². The minimum atomic E-state index is -0.0252. The van der Waals surface area contributed by atoms with Crippen molar-refractivity contribution in [3.8, 4) is 5.75 Å². The van der Waals surface area contributed by atoms with Gasteiger partial charge in [0, 0.05) is 44.4 Å². The number of imidazole rings is 1. The van der Waals surface area contributed by atoms with E-state index in [1.165, 1.54) is 5.56 Å². The van der Waals surface area contributed by atoms with Gasteiger partial charge in [0.1, 0.15) is 5.75 Å². The average Bonchev–Trinajstić information content (AvgIpc) is 2.96. The number of methoxy groups -OCH3 is 1. The summed E-state index contributed by atoms with van der Waals surface area (Å²) in [6.45, 7) is 1.73. The minimum absolute atomic E-state index is 0.0252. The number of rotatable bonds is 5. The normalized spacial score (nSPS) is 19.8. The first-order chi connectivity index (χ1) is 13.6. The Morgan fingerprint density at radius 2 is 1.86 bits per heavy atom. The fourth-order valence-corrected chi connectivity index (χ4v) is 4.26. The van der Waals surface area contributed by atoms with E-state index in [4.69, 9.17) is 4.74 Å². The van der Waals surface area contributed by atoms with E-state index in [1.54, 1.807) is 23.3 Å². The Kier molecular flexibility index (Phi) is 5.24. The van der Waals surface area contributed by atoms with Gasteiger partial charge in [0.2, 0.25) is 0 Å². The summed E-state index contributed by atoms with van der Waals surface area (Å²) >= 11 is 0. The SMILES string of the molecule is COc1cc2c(cc1CN[C@H]1CCCN[C@H]1c1ccccc1)n(C)c(=O)n2C. The highest BCUT2D eigenvalue weighted by Gasteiger charge is 2.26. The summed E-state index contributed by atoms with van der Waals surface area (Å²) in [6.07, 6.45) is 2.28. The van der Waals surface area contributed by atoms with Crippen molar-refractivity contribution in [1.82, 2.24) is 19.8 Å². The quantitative estimate of drug-likeness (QED) is 0.714. The van der Waals surface area contributed by atoms with Crippen LogP contribution in [0, 0.1) is 0 Å². The maximum Gasteiger partial charge on any atom is 0.328 e. The summed E-state index contributed by atoms with van der Waals surface area (Å²) in [7, 11) is 5.28. The van der Waals surface area contributed by atoms with E-state index in [2.05, 4.69) is 47.0 Å². The number of hydrogen-bond donors (Lipinski definition) is 2. The van der Waals surface area contributed by atoms with Crippen LogP contribution in [0.3, 0.4) is 0 Å². The second kappa shape index (κ2) is 7.81. The summed E-state index contributed by atoms with van der Waals surface area (Å²) in [6, 6.07) is 15.3. The molecule has 0 bridgehead atoms. The minimum Gasteiger partial charge on any atom is -0.496 e. The third-order valence-electron chi connectivity index (χ3n) is 5.85. The number of hydrogen-bond acceptors (Lipinski definition) is 4. The lowest BCUT2D eigenvalue weighted by atomic mass is 9.92. The van der Waals surface area contributed by atoms with E-state index in [0.717, 1.165) is 41.7 Å². The van der Waals surface area contributed by atoms with Crippen LogP contribution in [0.15, 0.2) is 47.3 Å². The van der Waals surface area contributed by atoms with Crippen LogP contribution in [-0.4, -0.2) is 28.8 Å². The molecule has 0 amide bonds. The summed E-state index contributed by atoms with van der Waals surface area (Å²) in [5, 5.41) is 7.39. The molecule has 28 heavy (non-hydrogen) atoms. The molecule has 3 aromatic rings. The van der Waals surface area contributed by atoms with Crippen LogP contribution < -0.4 is 21.1 Å². The van der Waals surface area contributed by atoms with Gasteiger partial charge >= 0.3 is 5.69 Å². The Morgan fingerprint density at radius 3 is 2.57 bits per heavy atom. The molecule has 6 heteroatoms. The van der Waals surface area contributed by atoms with Gasteiger partial charge in [-0.05, 0) is 31.0 Å². The molecule has 2 aromatic carbocycles. The first-order valence-corrected chi connectivity index (χ1v) is 9.84. The van der Waals surface area contributed by atoms with E-state index < -0.39 is 0 Å². The first-order valence-electron chi connectivity index (χ1n) is 9.84. The van der Waals surface area contributed by atoms with Crippen molar-refractivity contribution in [1.29, 1.82) is 0 Å². The molecule has 1 aliphatic heterocycles. The average molecular weight is 380 g/mol. The van der Waals surface area contributed by atoms with Gasteiger partial charge in [-0.2, -0.15) is 0 Å². The van der Waals surface area contributed by atoms with Crippen molar-refractivity contribution in [2.45, 2.75) is 31.5 Å². The molecule has 0 spiro atoms. The summed E-state index contributed by atoms with van der Waals surface area (Å²) in [5.41, 5.74) is 4.16. The molecule has 0 saturated carbocycles. The van der Waals surface area contributed by atoms with E-state index in [0.29, 0.717) is 18.6 Å². The fourth-order valence-electron chi connectivity index (χ4n) is 4.26. The molecule has 0 radical (unpaired) electrons. The van der Waals surface area contributed by atoms with Crippen LogP contribution in [0.25, 0.3) is 11.0 Å². The number of ether oxygens (including phenoxy) is 1. The molecule has 1 aromatic heterocycles. The van der Waals surface area contributed by atoms with Gasteiger partial charge in [-0.15, -0.1) is 0 Å². The Morgan fingerprint density at radius 1 is 1.14 bits per heavy atom. The number of piperidine rings is 1. The van der Waals surface area contributed by atoms with Crippen LogP contribution in [0.2, 0.25) is 0 Å². The number of aromatic nitrogens is 2. The van der Waals surface area contributed by atoms with Crippen LogP contribution in [0.1, 0.15) is 30.0 Å². The summed E-state index contributed by atoms with van der Waals surface area (Å²) in [4.78, 5) is 12.3. The predicted molar refractivity (Wildman–Crippen MR) is 112 cm³/mol. The number of nitrogens with one attached hydrogen (secondary N) is 2. The van der Waals surface area contributed by atoms with Crippen LogP contribution >= 0.6 is 0 Å². The molecule has 1 aliphatic rings. The standard InChI is InChI=1S/C22H28N4O2/c1-25-18-12-16(20(28-3)13-19(18)26(2)22(25)27)14-24-17-10-7-11-23-21(17)15-8-5-4-6-9-15/h4-6,8-9,12-13,17,21,23-24H,7,10-11,14H2,1-3H3/t17-,21-/m0/s1. The van der Waals surface area contributed by atoms with E-state index in [-0.39, 0.29) is 5.69 Å². The van der Waals surface area contributed by atoms with Crippen molar-refractivity contribution >= 4 is 11.0 Å². The van der Waals surface area contributed by atoms with Gasteiger partial charge in [0.15, 0.2) is 0 Å². The lowest BCUT2D eigenvalue weighted by Gasteiger charge is -2.34. The van der Waals surface area contributed by atoms with Crippen molar-refractivity contribution in [3.63, 3.8) is 0 Å². The molecular weight excluding hydrogens is 352 g/mol. The molecule has 0 aliphatic carbocycles. The zero-order valence-electron chi connectivity index (χ0n) is 16.7. The second-order valence-electron chi connectivity index (χ2n) is 7.53. The van der Waals surface area contributed by atoms with Crippen LogP contribution in [0.5, 0.6) is 5.75 Å². The summed E-state index contributed by atoms with van der Waals surface area (Å²) < 4.78 is 8.97. The molecular formula is C22H28N4O2. The van der Waals surface area contributed by atoms with Crippen LogP contribution in [-0.2, 0) is 20.6 Å². The maximum absolute atomic E-state index is 12.3. The lowest BCUT2D eigenvalue weighted by Crippen LogP contribution is -2.45. The van der Waals surface area contributed by atoms with Gasteiger partial charge in [0.05, 0.1) is 18.1 Å². The number of nitrogens with zero attached hydrogens (tertiary/aromatic N) is 2. The Hall–Kier alpha value is -2.57. The third kappa shape index (κ3) is 3.34. The molecule has 1 saturated heterocycles. The highest BCUT2D eigenvalue weighted by Crippen LogP contribution is 2.27. The van der Waals surface area contributed by atoms with Crippen molar-refractivity contribution in [2.75, 3.05) is 13.7 Å². The van der Waals surface area contributed by atoms with Gasteiger partial charge in [-0.3, -0.25) is 9.13 Å². The van der Waals surface area contributed by atoms with E-state index in [9.17, 15) is 4.79 Å². The maximum atomic E-state index is 12.3. The third-order valence-corrected chi connectivity index (χ3v) is 5.85. The number of fused-ring (bicyclic) bond motifs is 1. The zero-order chi connectivity index (χ0) is 19.7. The smallest absolute Gasteiger partial charge is 0.328 e. The first kappa shape index (κ1) is 18.8. The monoisotopic (exact) mass is 380 g/mol. The van der Waals surface area contributed by atoms with Gasteiger partial charge in [-0.25, -0.2) is 4.79 Å². The number of benzene rings is 2. The van der Waals surface area contributed by atoms with E-state index in [1.807, 2.05) is 13.1 Å². The van der Waals surface area contributed by atoms with Crippen LogP contribution in [0.4, 0.5) is 0 Å². The topological polar surface area (TPSA) is 60.2 Å². The number of aryl methyl sites for hydroxylation is 2. The molecule has 2 atom stereocenters. The molecule has 0 unspecified atom stereocenters. The highest BCUT2D eigenvalue weighted by molar-refractivity contribution is 5.79. The second-order valence-corrected chi connectivity index (χ2v) is 7.53. The van der Waals surface area contributed by atoms with Crippen molar-refractivity contribution < 1.29 is 4.74 Å². The fraction of sp³-hybridized carbons (Fsp3) is 0.409. The Balaban J connectivity index is 1.60. The Labute approximate surface area is 165 Å². The highest BCUT2D eigenvalue weighted by atomic mass is 16.5. The van der Waals surface area contributed by atoms with Crippen molar-refractivity contribution in [3.05, 3.63) is 64.1 Å². The molecule has 148 valence electrons. The van der Waals surface area contributed by atoms with Gasteiger partial charge < -0.3 is 15.4 Å². The van der Waals surface area contributed by atoms with Gasteiger partial charge in [-0.1, -0.05) is 30.3 Å². The lowest BCUT2D eigenvalue weighted by molar-refractivity contribution is 0.303. The molecule has 6 nitrogen and oxygen atoms in total. The predicted octanol–water partition coefficient (Wildman–Crippen LogP) is 2.47. The Bertz CT molecular complexity index is 1020. The zero-order valence-corrected chi connectivity index (χ0v) is 16.7. The molecule has 4 rings (SSSR count). The molecule has 2 N–H and O–H groups in total. The van der Waals surface area contributed by atoms with Crippen molar-refractivity contribution in [2.24, 2.45) is 14.1 Å². The summed E-state index contributed by atoms with van der Waals surface area (Å²) in [5.74, 6) is 0.807. The molecule has 1 fully saturated rings. The van der Waals surface area contributed by atoms with E-state index >= 15 is 0 Å². The molecule has 2 heterocycles. The largest absolute Gasteiger partial charge is 0.496 e.